The standard InChI is InChI=1S/C15H24N4O3S/c1-5-12-17-18-14(22-12)23-8-11(20)16-10-6-13(21)19(7-10)9-15(2,3)4/h10H,5-9H2,1-4H3,(H,16,20)/t10-/m1/s1. The summed E-state index contributed by atoms with van der Waals surface area (Å²) in [6.07, 6.45) is 1.04. The van der Waals surface area contributed by atoms with Gasteiger partial charge >= 0.3 is 0 Å². The summed E-state index contributed by atoms with van der Waals surface area (Å²) in [7, 11) is 0. The number of likely N-dealkylation sites (tertiary alicyclic amines) is 1. The van der Waals surface area contributed by atoms with Crippen molar-refractivity contribution >= 4 is 23.6 Å². The summed E-state index contributed by atoms with van der Waals surface area (Å²) in [5.74, 6) is 0.742. The predicted molar refractivity (Wildman–Crippen MR) is 87.0 cm³/mol. The van der Waals surface area contributed by atoms with Gasteiger partial charge in [0.15, 0.2) is 0 Å². The fourth-order valence-electron chi connectivity index (χ4n) is 2.43. The van der Waals surface area contributed by atoms with Gasteiger partial charge < -0.3 is 14.6 Å². The smallest absolute Gasteiger partial charge is 0.277 e. The number of thioether (sulfide) groups is 1. The fraction of sp³-hybridized carbons (Fsp3) is 0.733. The number of nitrogens with one attached hydrogen (secondary N) is 1. The maximum absolute atomic E-state index is 12.0. The average Bonchev–Trinajstić information content (AvgIpc) is 3.02. The van der Waals surface area contributed by atoms with Gasteiger partial charge in [0, 0.05) is 25.9 Å². The normalized spacial score (nSPS) is 18.5. The molecule has 0 bridgehead atoms. The Labute approximate surface area is 140 Å². The zero-order chi connectivity index (χ0) is 17.0. The van der Waals surface area contributed by atoms with E-state index in [1.807, 2.05) is 11.8 Å². The lowest BCUT2D eigenvalue weighted by atomic mass is 9.96. The second-order valence-electron chi connectivity index (χ2n) is 6.91. The predicted octanol–water partition coefficient (Wildman–Crippen LogP) is 1.49. The number of amides is 2. The van der Waals surface area contributed by atoms with E-state index in [0.717, 1.165) is 0 Å². The molecule has 0 unspecified atom stereocenters. The molecule has 0 radical (unpaired) electrons. The van der Waals surface area contributed by atoms with Gasteiger partial charge in [-0.15, -0.1) is 10.2 Å². The van der Waals surface area contributed by atoms with Crippen LogP contribution in [0.5, 0.6) is 0 Å². The highest BCUT2D eigenvalue weighted by molar-refractivity contribution is 7.99. The van der Waals surface area contributed by atoms with Crippen molar-refractivity contribution < 1.29 is 14.0 Å². The van der Waals surface area contributed by atoms with Crippen LogP contribution in [0.2, 0.25) is 0 Å². The molecular weight excluding hydrogens is 316 g/mol. The molecule has 1 saturated heterocycles. The third-order valence-corrected chi connectivity index (χ3v) is 4.14. The number of hydrogen-bond acceptors (Lipinski definition) is 6. The molecule has 0 aliphatic carbocycles. The quantitative estimate of drug-likeness (QED) is 0.789. The highest BCUT2D eigenvalue weighted by atomic mass is 32.2. The molecule has 1 atom stereocenters. The van der Waals surface area contributed by atoms with E-state index in [-0.39, 0.29) is 29.0 Å². The van der Waals surface area contributed by atoms with Crippen molar-refractivity contribution in [3.05, 3.63) is 5.89 Å². The van der Waals surface area contributed by atoms with Crippen LogP contribution in [0.4, 0.5) is 0 Å². The molecule has 0 spiro atoms. The zero-order valence-corrected chi connectivity index (χ0v) is 14.9. The van der Waals surface area contributed by atoms with E-state index in [1.54, 1.807) is 0 Å². The third kappa shape index (κ3) is 5.53. The lowest BCUT2D eigenvalue weighted by Gasteiger charge is -2.26. The summed E-state index contributed by atoms with van der Waals surface area (Å²) >= 11 is 1.21. The Morgan fingerprint density at radius 1 is 1.43 bits per heavy atom. The van der Waals surface area contributed by atoms with Crippen molar-refractivity contribution in [3.63, 3.8) is 0 Å². The zero-order valence-electron chi connectivity index (χ0n) is 14.1. The first kappa shape index (κ1) is 17.8. The van der Waals surface area contributed by atoms with Crippen LogP contribution in [-0.4, -0.2) is 51.8 Å². The Morgan fingerprint density at radius 2 is 2.17 bits per heavy atom. The maximum atomic E-state index is 12.0. The highest BCUT2D eigenvalue weighted by Crippen LogP contribution is 2.21. The first-order valence-corrected chi connectivity index (χ1v) is 8.77. The Kier molecular flexibility index (Phi) is 5.67. The van der Waals surface area contributed by atoms with Gasteiger partial charge in [-0.05, 0) is 5.41 Å². The van der Waals surface area contributed by atoms with Crippen LogP contribution < -0.4 is 5.32 Å². The van der Waals surface area contributed by atoms with E-state index in [4.69, 9.17) is 4.42 Å². The Hall–Kier alpha value is -1.57. The lowest BCUT2D eigenvalue weighted by Crippen LogP contribution is -2.39. The Morgan fingerprint density at radius 3 is 2.78 bits per heavy atom. The van der Waals surface area contributed by atoms with Crippen LogP contribution in [0, 0.1) is 5.41 Å². The molecule has 2 heterocycles. The summed E-state index contributed by atoms with van der Waals surface area (Å²) < 4.78 is 5.34. The highest BCUT2D eigenvalue weighted by Gasteiger charge is 2.32. The number of rotatable bonds is 6. The van der Waals surface area contributed by atoms with E-state index >= 15 is 0 Å². The minimum Gasteiger partial charge on any atom is -0.416 e. The molecule has 1 aliphatic heterocycles. The van der Waals surface area contributed by atoms with Crippen LogP contribution in [0.15, 0.2) is 9.64 Å². The number of hydrogen-bond donors (Lipinski definition) is 1. The van der Waals surface area contributed by atoms with Crippen molar-refractivity contribution in [3.8, 4) is 0 Å². The lowest BCUT2D eigenvalue weighted by molar-refractivity contribution is -0.128. The largest absolute Gasteiger partial charge is 0.416 e. The number of aryl methyl sites for hydroxylation is 1. The summed E-state index contributed by atoms with van der Waals surface area (Å²) in [6.45, 7) is 9.49. The van der Waals surface area contributed by atoms with Gasteiger partial charge in [0.05, 0.1) is 11.8 Å². The summed E-state index contributed by atoms with van der Waals surface area (Å²) in [5, 5.41) is 11.0. The monoisotopic (exact) mass is 340 g/mol. The van der Waals surface area contributed by atoms with Gasteiger partial charge in [0.25, 0.3) is 5.22 Å². The minimum absolute atomic E-state index is 0.0549. The van der Waals surface area contributed by atoms with Crippen molar-refractivity contribution in [1.29, 1.82) is 0 Å². The van der Waals surface area contributed by atoms with Gasteiger partial charge in [-0.1, -0.05) is 39.5 Å². The molecule has 1 aromatic heterocycles. The van der Waals surface area contributed by atoms with E-state index < -0.39 is 0 Å². The second-order valence-corrected chi connectivity index (χ2v) is 7.83. The Balaban J connectivity index is 1.76. The summed E-state index contributed by atoms with van der Waals surface area (Å²) in [5.41, 5.74) is 0.0549. The summed E-state index contributed by atoms with van der Waals surface area (Å²) in [6, 6.07) is -0.119. The molecule has 1 aromatic rings. The Bertz CT molecular complexity index is 567. The number of nitrogens with zero attached hydrogens (tertiary/aromatic N) is 3. The first-order chi connectivity index (χ1) is 10.8. The van der Waals surface area contributed by atoms with E-state index in [0.29, 0.717) is 37.0 Å². The van der Waals surface area contributed by atoms with E-state index in [9.17, 15) is 9.59 Å². The second kappa shape index (κ2) is 7.33. The van der Waals surface area contributed by atoms with E-state index in [1.165, 1.54) is 11.8 Å². The van der Waals surface area contributed by atoms with Crippen molar-refractivity contribution in [2.24, 2.45) is 5.41 Å². The topological polar surface area (TPSA) is 88.3 Å². The molecule has 2 rings (SSSR count). The van der Waals surface area contributed by atoms with Crippen LogP contribution in [-0.2, 0) is 16.0 Å². The fourth-order valence-corrected chi connectivity index (χ4v) is 3.02. The van der Waals surface area contributed by atoms with Crippen LogP contribution in [0.3, 0.4) is 0 Å². The molecule has 128 valence electrons. The van der Waals surface area contributed by atoms with Gasteiger partial charge in [-0.2, -0.15) is 0 Å². The molecular formula is C15H24N4O3S. The molecule has 0 aromatic carbocycles. The average molecular weight is 340 g/mol. The molecule has 1 N–H and O–H groups in total. The number of aromatic nitrogens is 2. The number of carbonyl (C=O) groups is 2. The molecule has 0 saturated carbocycles. The van der Waals surface area contributed by atoms with Gasteiger partial charge in [-0.3, -0.25) is 9.59 Å². The van der Waals surface area contributed by atoms with E-state index in [2.05, 4.69) is 36.3 Å². The van der Waals surface area contributed by atoms with Crippen LogP contribution in [0.25, 0.3) is 0 Å². The molecule has 1 fully saturated rings. The molecule has 2 amide bonds. The maximum Gasteiger partial charge on any atom is 0.277 e. The molecule has 7 nitrogen and oxygen atoms in total. The summed E-state index contributed by atoms with van der Waals surface area (Å²) in [4.78, 5) is 25.8. The van der Waals surface area contributed by atoms with Gasteiger partial charge in [-0.25, -0.2) is 0 Å². The van der Waals surface area contributed by atoms with Crippen LogP contribution >= 0.6 is 11.8 Å². The SMILES string of the molecule is CCc1nnc(SCC(=O)N[C@@H]2CC(=O)N(CC(C)(C)C)C2)o1. The third-order valence-electron chi connectivity index (χ3n) is 3.32. The van der Waals surface area contributed by atoms with Crippen LogP contribution in [0.1, 0.15) is 40.0 Å². The molecule has 8 heteroatoms. The molecule has 1 aliphatic rings. The molecule has 23 heavy (non-hydrogen) atoms. The first-order valence-electron chi connectivity index (χ1n) is 7.79. The minimum atomic E-state index is -0.123. The van der Waals surface area contributed by atoms with Crippen molar-refractivity contribution in [1.82, 2.24) is 20.4 Å². The van der Waals surface area contributed by atoms with Crippen molar-refractivity contribution in [2.75, 3.05) is 18.8 Å². The van der Waals surface area contributed by atoms with Crippen molar-refractivity contribution in [2.45, 2.75) is 51.8 Å². The van der Waals surface area contributed by atoms with Gasteiger partial charge in [0.2, 0.25) is 17.7 Å². The number of carbonyl (C=O) groups excluding carboxylic acids is 2. The van der Waals surface area contributed by atoms with Gasteiger partial charge in [0.1, 0.15) is 0 Å².